The van der Waals surface area contributed by atoms with E-state index in [2.05, 4.69) is 4.74 Å². The maximum atomic E-state index is 12.2. The molecule has 1 aromatic carbocycles. The highest BCUT2D eigenvalue weighted by Crippen LogP contribution is 2.45. The zero-order valence-corrected chi connectivity index (χ0v) is 10.5. The molecule has 0 atom stereocenters. The van der Waals surface area contributed by atoms with E-state index in [0.717, 1.165) is 6.42 Å². The number of hydrogen-bond donors (Lipinski definition) is 2. The molecule has 0 heterocycles. The van der Waals surface area contributed by atoms with Crippen LogP contribution in [0.15, 0.2) is 18.2 Å². The average Bonchev–Trinajstić information content (AvgIpc) is 2.26. The number of nitrogen functional groups attached to an aromatic ring is 1. The average molecular weight is 289 g/mol. The molecule has 2 rings (SSSR count). The summed E-state index contributed by atoms with van der Waals surface area (Å²) < 4.78 is 41.1. The molecule has 1 aromatic rings. The molecule has 0 spiro atoms. The summed E-state index contributed by atoms with van der Waals surface area (Å²) >= 11 is 0. The van der Waals surface area contributed by atoms with E-state index in [-0.39, 0.29) is 11.4 Å². The summed E-state index contributed by atoms with van der Waals surface area (Å²) in [6.07, 6.45) is -2.77. The van der Waals surface area contributed by atoms with E-state index in [4.69, 9.17) is 5.73 Å². The summed E-state index contributed by atoms with van der Waals surface area (Å²) in [4.78, 5) is 11.4. The molecule has 1 aliphatic rings. The summed E-state index contributed by atoms with van der Waals surface area (Å²) in [6.45, 7) is -1.46. The minimum absolute atomic E-state index is 0.0536. The summed E-state index contributed by atoms with van der Waals surface area (Å²) in [5.41, 5.74) is 5.02. The number of alkyl halides is 3. The Morgan fingerprint density at radius 2 is 2.05 bits per heavy atom. The van der Waals surface area contributed by atoms with Gasteiger partial charge in [-0.2, -0.15) is 13.2 Å². The number of aliphatic carboxylic acids is 1. The number of nitrogens with two attached hydrogens (primary N) is 1. The number of anilines is 1. The van der Waals surface area contributed by atoms with Crippen LogP contribution in [0.2, 0.25) is 0 Å². The van der Waals surface area contributed by atoms with Crippen LogP contribution in [0.4, 0.5) is 18.9 Å². The van der Waals surface area contributed by atoms with Gasteiger partial charge in [0.15, 0.2) is 6.61 Å². The standard InChI is InChI=1S/C13H14F3NO3/c14-13(15,16)7-20-10-6-8(2-3-9(10)17)12(11(18)19)4-1-5-12/h2-3,6H,1,4-5,7,17H2,(H,18,19). The van der Waals surface area contributed by atoms with Crippen molar-refractivity contribution in [2.45, 2.75) is 30.9 Å². The topological polar surface area (TPSA) is 72.6 Å². The second kappa shape index (κ2) is 4.88. The molecule has 0 bridgehead atoms. The van der Waals surface area contributed by atoms with E-state index in [9.17, 15) is 23.1 Å². The van der Waals surface area contributed by atoms with Crippen LogP contribution in [0.25, 0.3) is 0 Å². The second-order valence-corrected chi connectivity index (χ2v) is 4.90. The third-order valence-electron chi connectivity index (χ3n) is 3.57. The SMILES string of the molecule is Nc1ccc(C2(C(=O)O)CCC2)cc1OCC(F)(F)F. The first-order chi connectivity index (χ1) is 9.24. The van der Waals surface area contributed by atoms with E-state index in [1.165, 1.54) is 18.2 Å². The van der Waals surface area contributed by atoms with Crippen LogP contribution in [0, 0.1) is 0 Å². The van der Waals surface area contributed by atoms with E-state index in [1.54, 1.807) is 0 Å². The van der Waals surface area contributed by atoms with E-state index in [1.807, 2.05) is 0 Å². The normalized spacial score (nSPS) is 17.4. The van der Waals surface area contributed by atoms with Gasteiger partial charge < -0.3 is 15.6 Å². The maximum absolute atomic E-state index is 12.2. The molecule has 0 aliphatic heterocycles. The molecule has 1 saturated carbocycles. The molecule has 4 nitrogen and oxygen atoms in total. The first-order valence-electron chi connectivity index (χ1n) is 6.07. The van der Waals surface area contributed by atoms with Crippen molar-refractivity contribution < 1.29 is 27.8 Å². The molecule has 7 heteroatoms. The van der Waals surface area contributed by atoms with Crippen molar-refractivity contribution >= 4 is 11.7 Å². The van der Waals surface area contributed by atoms with Crippen molar-refractivity contribution in [3.05, 3.63) is 23.8 Å². The lowest BCUT2D eigenvalue weighted by molar-refractivity contribution is -0.153. The number of ether oxygens (including phenoxy) is 1. The van der Waals surface area contributed by atoms with Crippen LogP contribution in [0.1, 0.15) is 24.8 Å². The van der Waals surface area contributed by atoms with E-state index in [0.29, 0.717) is 18.4 Å². The van der Waals surface area contributed by atoms with Crippen molar-refractivity contribution in [1.82, 2.24) is 0 Å². The molecule has 20 heavy (non-hydrogen) atoms. The molecular formula is C13H14F3NO3. The molecule has 0 radical (unpaired) electrons. The number of carbonyl (C=O) groups is 1. The smallest absolute Gasteiger partial charge is 0.422 e. The van der Waals surface area contributed by atoms with Crippen molar-refractivity contribution in [3.63, 3.8) is 0 Å². The predicted octanol–water partition coefficient (Wildman–Crippen LogP) is 2.72. The summed E-state index contributed by atoms with van der Waals surface area (Å²) in [5, 5.41) is 9.30. The third kappa shape index (κ3) is 2.66. The summed E-state index contributed by atoms with van der Waals surface area (Å²) in [5.74, 6) is -1.11. The van der Waals surface area contributed by atoms with Gasteiger partial charge in [-0.1, -0.05) is 12.5 Å². The minimum atomic E-state index is -4.47. The van der Waals surface area contributed by atoms with Crippen molar-refractivity contribution in [3.8, 4) is 5.75 Å². The van der Waals surface area contributed by atoms with Gasteiger partial charge in [-0.05, 0) is 30.5 Å². The van der Waals surface area contributed by atoms with Gasteiger partial charge in [0.25, 0.3) is 0 Å². The lowest BCUT2D eigenvalue weighted by Crippen LogP contribution is -2.42. The van der Waals surface area contributed by atoms with Gasteiger partial charge in [0.2, 0.25) is 0 Å². The van der Waals surface area contributed by atoms with Crippen molar-refractivity contribution in [2.75, 3.05) is 12.3 Å². The molecule has 1 aliphatic carbocycles. The van der Waals surface area contributed by atoms with E-state index < -0.39 is 24.2 Å². The van der Waals surface area contributed by atoms with Gasteiger partial charge in [-0.15, -0.1) is 0 Å². The third-order valence-corrected chi connectivity index (χ3v) is 3.57. The molecule has 0 amide bonds. The van der Waals surface area contributed by atoms with E-state index >= 15 is 0 Å². The first kappa shape index (κ1) is 14.5. The number of hydrogen-bond acceptors (Lipinski definition) is 3. The Morgan fingerprint density at radius 1 is 1.40 bits per heavy atom. The quantitative estimate of drug-likeness (QED) is 0.836. The molecule has 1 fully saturated rings. The van der Waals surface area contributed by atoms with Gasteiger partial charge in [0, 0.05) is 0 Å². The summed E-state index contributed by atoms with van der Waals surface area (Å²) in [7, 11) is 0. The number of carboxylic acid groups (broad SMARTS) is 1. The van der Waals surface area contributed by atoms with Crippen LogP contribution in [-0.2, 0) is 10.2 Å². The Morgan fingerprint density at radius 3 is 2.50 bits per heavy atom. The Labute approximate surface area is 113 Å². The lowest BCUT2D eigenvalue weighted by atomic mass is 9.64. The molecule has 0 aromatic heterocycles. The number of rotatable bonds is 4. The Kier molecular flexibility index (Phi) is 3.54. The Hall–Kier alpha value is -1.92. The molecular weight excluding hydrogens is 275 g/mol. The van der Waals surface area contributed by atoms with Crippen LogP contribution < -0.4 is 10.5 Å². The van der Waals surface area contributed by atoms with Crippen LogP contribution in [-0.4, -0.2) is 23.9 Å². The number of carboxylic acids is 1. The number of benzene rings is 1. The monoisotopic (exact) mass is 289 g/mol. The number of halogens is 3. The fourth-order valence-corrected chi connectivity index (χ4v) is 2.27. The predicted molar refractivity (Wildman–Crippen MR) is 65.6 cm³/mol. The first-order valence-corrected chi connectivity index (χ1v) is 6.07. The van der Waals surface area contributed by atoms with Crippen LogP contribution in [0.3, 0.4) is 0 Å². The molecule has 0 saturated heterocycles. The zero-order chi connectivity index (χ0) is 15.0. The second-order valence-electron chi connectivity index (χ2n) is 4.90. The lowest BCUT2D eigenvalue weighted by Gasteiger charge is -2.38. The van der Waals surface area contributed by atoms with Gasteiger partial charge in [0.05, 0.1) is 11.1 Å². The van der Waals surface area contributed by atoms with Crippen LogP contribution >= 0.6 is 0 Å². The maximum Gasteiger partial charge on any atom is 0.422 e. The van der Waals surface area contributed by atoms with Crippen molar-refractivity contribution in [1.29, 1.82) is 0 Å². The van der Waals surface area contributed by atoms with Gasteiger partial charge in [-0.25, -0.2) is 0 Å². The Balaban J connectivity index is 2.27. The minimum Gasteiger partial charge on any atom is -0.482 e. The Bertz CT molecular complexity index is 524. The molecule has 0 unspecified atom stereocenters. The highest BCUT2D eigenvalue weighted by molar-refractivity contribution is 5.83. The highest BCUT2D eigenvalue weighted by Gasteiger charge is 2.46. The fourth-order valence-electron chi connectivity index (χ4n) is 2.27. The van der Waals surface area contributed by atoms with Gasteiger partial charge in [0.1, 0.15) is 5.75 Å². The van der Waals surface area contributed by atoms with Gasteiger partial charge >= 0.3 is 12.1 Å². The molecule has 110 valence electrons. The summed E-state index contributed by atoms with van der Waals surface area (Å²) in [6, 6.07) is 4.21. The van der Waals surface area contributed by atoms with Crippen LogP contribution in [0.5, 0.6) is 5.75 Å². The zero-order valence-electron chi connectivity index (χ0n) is 10.5. The largest absolute Gasteiger partial charge is 0.482 e. The van der Waals surface area contributed by atoms with Crippen molar-refractivity contribution in [2.24, 2.45) is 0 Å². The van der Waals surface area contributed by atoms with Gasteiger partial charge in [-0.3, -0.25) is 4.79 Å². The molecule has 3 N–H and O–H groups in total. The fraction of sp³-hybridized carbons (Fsp3) is 0.462. The highest BCUT2D eigenvalue weighted by atomic mass is 19.4.